The fourth-order valence-corrected chi connectivity index (χ4v) is 2.88. The second kappa shape index (κ2) is 13.4. The van der Waals surface area contributed by atoms with Gasteiger partial charge >= 0.3 is 0 Å². The van der Waals surface area contributed by atoms with Crippen LogP contribution < -0.4 is 15.4 Å². The molecule has 1 aliphatic heterocycles. The van der Waals surface area contributed by atoms with Crippen molar-refractivity contribution >= 4 is 29.9 Å². The molecule has 0 aromatic heterocycles. The number of guanidine groups is 1. The molecule has 0 bridgehead atoms. The molecular weight excluding hydrogens is 481 g/mol. The van der Waals surface area contributed by atoms with E-state index in [4.69, 9.17) is 14.2 Å². The lowest BCUT2D eigenvalue weighted by Crippen LogP contribution is -2.37. The minimum Gasteiger partial charge on any atom is -0.457 e. The Labute approximate surface area is 190 Å². The molecule has 0 radical (unpaired) electrons. The molecule has 1 heterocycles. The normalized spacial score (nSPS) is 16.2. The van der Waals surface area contributed by atoms with Crippen LogP contribution in [0.2, 0.25) is 0 Å². The van der Waals surface area contributed by atoms with Gasteiger partial charge in [0.15, 0.2) is 5.96 Å². The third-order valence-corrected chi connectivity index (χ3v) is 4.44. The van der Waals surface area contributed by atoms with Gasteiger partial charge < -0.3 is 24.8 Å². The minimum absolute atomic E-state index is 0. The Hall–Kier alpha value is -1.84. The Balaban J connectivity index is 0.00000300. The van der Waals surface area contributed by atoms with E-state index in [0.717, 1.165) is 62.2 Å². The maximum absolute atomic E-state index is 5.82. The molecule has 6 nitrogen and oxygen atoms in total. The Morgan fingerprint density at radius 2 is 1.83 bits per heavy atom. The molecule has 7 heteroatoms. The predicted molar refractivity (Wildman–Crippen MR) is 126 cm³/mol. The lowest BCUT2D eigenvalue weighted by atomic mass is 10.2. The van der Waals surface area contributed by atoms with E-state index in [1.165, 1.54) is 0 Å². The van der Waals surface area contributed by atoms with Crippen molar-refractivity contribution in [3.63, 3.8) is 0 Å². The molecule has 2 N–H and O–H groups in total. The molecule has 0 saturated carbocycles. The van der Waals surface area contributed by atoms with Gasteiger partial charge in [-0.3, -0.25) is 4.99 Å². The van der Waals surface area contributed by atoms with E-state index in [1.807, 2.05) is 42.5 Å². The van der Waals surface area contributed by atoms with E-state index < -0.39 is 0 Å². The van der Waals surface area contributed by atoms with E-state index in [-0.39, 0.29) is 30.1 Å². The highest BCUT2D eigenvalue weighted by Gasteiger charge is 2.15. The molecule has 1 atom stereocenters. The lowest BCUT2D eigenvalue weighted by Gasteiger charge is -2.13. The summed E-state index contributed by atoms with van der Waals surface area (Å²) in [6.45, 7) is 3.80. The van der Waals surface area contributed by atoms with Crippen molar-refractivity contribution in [2.75, 3.05) is 33.4 Å². The first-order valence-corrected chi connectivity index (χ1v) is 9.79. The average Bonchev–Trinajstić information content (AvgIpc) is 3.25. The van der Waals surface area contributed by atoms with Crippen LogP contribution in [0.5, 0.6) is 11.5 Å². The highest BCUT2D eigenvalue weighted by Crippen LogP contribution is 2.21. The average molecular weight is 511 g/mol. The summed E-state index contributed by atoms with van der Waals surface area (Å²) in [5.74, 6) is 2.45. The van der Waals surface area contributed by atoms with Gasteiger partial charge in [-0.05, 0) is 42.7 Å². The zero-order valence-corrected chi connectivity index (χ0v) is 19.1. The van der Waals surface area contributed by atoms with E-state index in [2.05, 4.69) is 27.8 Å². The van der Waals surface area contributed by atoms with Crippen LogP contribution in [0.25, 0.3) is 0 Å². The SMILES string of the molecule is CN=C(NCCCOC1CCOC1)NCc1ccc(Oc2ccccc2)cc1.I. The molecule has 158 valence electrons. The lowest BCUT2D eigenvalue weighted by molar-refractivity contribution is 0.0420. The molecule has 0 spiro atoms. The minimum atomic E-state index is 0. The van der Waals surface area contributed by atoms with Crippen LogP contribution in [-0.4, -0.2) is 45.5 Å². The van der Waals surface area contributed by atoms with Crippen molar-refractivity contribution in [1.82, 2.24) is 10.6 Å². The zero-order valence-electron chi connectivity index (χ0n) is 16.8. The summed E-state index contributed by atoms with van der Waals surface area (Å²) < 4.78 is 16.9. The van der Waals surface area contributed by atoms with Gasteiger partial charge in [-0.15, -0.1) is 24.0 Å². The van der Waals surface area contributed by atoms with Crippen molar-refractivity contribution in [3.8, 4) is 11.5 Å². The van der Waals surface area contributed by atoms with E-state index in [0.29, 0.717) is 6.54 Å². The number of rotatable bonds is 9. The summed E-state index contributed by atoms with van der Waals surface area (Å²) >= 11 is 0. The largest absolute Gasteiger partial charge is 0.457 e. The molecule has 29 heavy (non-hydrogen) atoms. The molecular formula is C22H30IN3O3. The summed E-state index contributed by atoms with van der Waals surface area (Å²) in [6, 6.07) is 17.8. The van der Waals surface area contributed by atoms with Gasteiger partial charge in [0, 0.05) is 33.4 Å². The number of nitrogens with zero attached hydrogens (tertiary/aromatic N) is 1. The van der Waals surface area contributed by atoms with Crippen molar-refractivity contribution in [3.05, 3.63) is 60.2 Å². The van der Waals surface area contributed by atoms with Crippen LogP contribution in [0.3, 0.4) is 0 Å². The fourth-order valence-electron chi connectivity index (χ4n) is 2.88. The van der Waals surface area contributed by atoms with E-state index >= 15 is 0 Å². The molecule has 2 aromatic rings. The molecule has 0 amide bonds. The third kappa shape index (κ3) is 8.59. The molecule has 1 fully saturated rings. The van der Waals surface area contributed by atoms with Gasteiger partial charge in [-0.2, -0.15) is 0 Å². The number of para-hydroxylation sites is 1. The van der Waals surface area contributed by atoms with Gasteiger partial charge in [0.05, 0.1) is 12.7 Å². The van der Waals surface area contributed by atoms with Crippen molar-refractivity contribution < 1.29 is 14.2 Å². The summed E-state index contributed by atoms with van der Waals surface area (Å²) in [7, 11) is 1.78. The summed E-state index contributed by atoms with van der Waals surface area (Å²) in [4.78, 5) is 4.26. The van der Waals surface area contributed by atoms with E-state index in [9.17, 15) is 0 Å². The first kappa shape index (κ1) is 23.4. The van der Waals surface area contributed by atoms with Crippen LogP contribution in [0.1, 0.15) is 18.4 Å². The number of ether oxygens (including phenoxy) is 3. The predicted octanol–water partition coefficient (Wildman–Crippen LogP) is 3.96. The fraction of sp³-hybridized carbons (Fsp3) is 0.409. The van der Waals surface area contributed by atoms with Crippen molar-refractivity contribution in [1.29, 1.82) is 0 Å². The quantitative estimate of drug-likeness (QED) is 0.231. The first-order chi connectivity index (χ1) is 13.8. The number of hydrogen-bond acceptors (Lipinski definition) is 4. The van der Waals surface area contributed by atoms with Crippen LogP contribution in [0, 0.1) is 0 Å². The van der Waals surface area contributed by atoms with Crippen molar-refractivity contribution in [2.24, 2.45) is 4.99 Å². The van der Waals surface area contributed by atoms with Gasteiger partial charge in [0.2, 0.25) is 0 Å². The molecule has 1 unspecified atom stereocenters. The van der Waals surface area contributed by atoms with Crippen LogP contribution in [-0.2, 0) is 16.0 Å². The highest BCUT2D eigenvalue weighted by molar-refractivity contribution is 14.0. The monoisotopic (exact) mass is 511 g/mol. The first-order valence-electron chi connectivity index (χ1n) is 9.79. The Morgan fingerprint density at radius 3 is 2.52 bits per heavy atom. The van der Waals surface area contributed by atoms with Gasteiger partial charge in [0.25, 0.3) is 0 Å². The van der Waals surface area contributed by atoms with Crippen LogP contribution >= 0.6 is 24.0 Å². The summed E-state index contributed by atoms with van der Waals surface area (Å²) in [6.07, 6.45) is 2.21. The Morgan fingerprint density at radius 1 is 1.07 bits per heavy atom. The highest BCUT2D eigenvalue weighted by atomic mass is 127. The number of aliphatic imine (C=N–C) groups is 1. The third-order valence-electron chi connectivity index (χ3n) is 4.44. The maximum atomic E-state index is 5.82. The van der Waals surface area contributed by atoms with E-state index in [1.54, 1.807) is 7.05 Å². The Kier molecular flexibility index (Phi) is 10.8. The topological polar surface area (TPSA) is 64.1 Å². The number of hydrogen-bond donors (Lipinski definition) is 2. The van der Waals surface area contributed by atoms with Crippen LogP contribution in [0.15, 0.2) is 59.6 Å². The maximum Gasteiger partial charge on any atom is 0.191 e. The molecule has 1 aliphatic rings. The zero-order chi connectivity index (χ0) is 19.4. The Bertz CT molecular complexity index is 720. The second-order valence-corrected chi connectivity index (χ2v) is 6.62. The molecule has 0 aliphatic carbocycles. The second-order valence-electron chi connectivity index (χ2n) is 6.62. The standard InChI is InChI=1S/C22H29N3O3.HI/c1-23-22(24-13-5-14-27-21-12-15-26-17-21)25-16-18-8-10-20(11-9-18)28-19-6-3-2-4-7-19;/h2-4,6-11,21H,5,12-17H2,1H3,(H2,23,24,25);1H. The number of halogens is 1. The van der Waals surface area contributed by atoms with Gasteiger partial charge in [-0.25, -0.2) is 0 Å². The summed E-state index contributed by atoms with van der Waals surface area (Å²) in [5.41, 5.74) is 1.16. The summed E-state index contributed by atoms with van der Waals surface area (Å²) in [5, 5.41) is 6.64. The van der Waals surface area contributed by atoms with Gasteiger partial charge in [-0.1, -0.05) is 30.3 Å². The molecule has 2 aromatic carbocycles. The molecule has 3 rings (SSSR count). The number of nitrogens with one attached hydrogen (secondary N) is 2. The van der Waals surface area contributed by atoms with Crippen LogP contribution in [0.4, 0.5) is 0 Å². The van der Waals surface area contributed by atoms with Gasteiger partial charge in [0.1, 0.15) is 11.5 Å². The smallest absolute Gasteiger partial charge is 0.191 e. The number of benzene rings is 2. The molecule has 1 saturated heterocycles. The van der Waals surface area contributed by atoms with Crippen molar-refractivity contribution in [2.45, 2.75) is 25.5 Å².